The molecule has 92 valence electrons. The van der Waals surface area contributed by atoms with Crippen LogP contribution in [0.5, 0.6) is 0 Å². The third kappa shape index (κ3) is 2.38. The Bertz CT molecular complexity index is 247. The smallest absolute Gasteiger partial charge is 0.108 e. The van der Waals surface area contributed by atoms with Crippen LogP contribution in [0.1, 0.15) is 32.6 Å². The summed E-state index contributed by atoms with van der Waals surface area (Å²) in [5, 5.41) is 7.61. The minimum absolute atomic E-state index is 0.174. The zero-order chi connectivity index (χ0) is 11.5. The fraction of sp³-hybridized carbons (Fsp3) is 0.917. The summed E-state index contributed by atoms with van der Waals surface area (Å²) in [5.41, 5.74) is 5.65. The van der Waals surface area contributed by atoms with Gasteiger partial charge in [-0.15, -0.1) is 0 Å². The van der Waals surface area contributed by atoms with E-state index in [1.807, 2.05) is 0 Å². The topological polar surface area (TPSA) is 56.4 Å². The van der Waals surface area contributed by atoms with Crippen LogP contribution in [-0.4, -0.2) is 53.9 Å². The van der Waals surface area contributed by atoms with Gasteiger partial charge in [-0.3, -0.25) is 15.2 Å². The van der Waals surface area contributed by atoms with E-state index in [4.69, 9.17) is 11.1 Å². The Labute approximate surface area is 98.3 Å². The van der Waals surface area contributed by atoms with Crippen LogP contribution >= 0.6 is 0 Å². The molecule has 2 saturated heterocycles. The van der Waals surface area contributed by atoms with Gasteiger partial charge in [-0.05, 0) is 38.8 Å². The van der Waals surface area contributed by atoms with Gasteiger partial charge in [-0.2, -0.15) is 0 Å². The maximum Gasteiger partial charge on any atom is 0.108 e. The highest BCUT2D eigenvalue weighted by Gasteiger charge is 2.32. The van der Waals surface area contributed by atoms with Gasteiger partial charge in [0.15, 0.2) is 0 Å². The predicted molar refractivity (Wildman–Crippen MR) is 66.8 cm³/mol. The summed E-state index contributed by atoms with van der Waals surface area (Å²) in [5.74, 6) is 0.338. The van der Waals surface area contributed by atoms with Crippen LogP contribution < -0.4 is 5.73 Å². The van der Waals surface area contributed by atoms with E-state index in [1.54, 1.807) is 0 Å². The number of nitrogens with two attached hydrogens (primary N) is 1. The molecule has 2 unspecified atom stereocenters. The number of nitrogens with zero attached hydrogens (tertiary/aromatic N) is 2. The molecule has 0 aromatic rings. The van der Waals surface area contributed by atoms with Gasteiger partial charge >= 0.3 is 0 Å². The van der Waals surface area contributed by atoms with E-state index in [9.17, 15) is 0 Å². The highest BCUT2D eigenvalue weighted by Crippen LogP contribution is 2.22. The molecule has 2 aliphatic rings. The summed E-state index contributed by atoms with van der Waals surface area (Å²) in [6.07, 6.45) is 4.94. The third-order valence-electron chi connectivity index (χ3n) is 4.04. The Balaban J connectivity index is 1.88. The van der Waals surface area contributed by atoms with Crippen molar-refractivity contribution in [3.63, 3.8) is 0 Å². The average Bonchev–Trinajstić information content (AvgIpc) is 2.86. The highest BCUT2D eigenvalue weighted by molar-refractivity contribution is 5.82. The fourth-order valence-corrected chi connectivity index (χ4v) is 3.13. The first kappa shape index (κ1) is 11.9. The van der Waals surface area contributed by atoms with Crippen LogP contribution in [0.2, 0.25) is 0 Å². The first-order valence-corrected chi connectivity index (χ1v) is 6.54. The molecule has 16 heavy (non-hydrogen) atoms. The molecule has 0 bridgehead atoms. The van der Waals surface area contributed by atoms with Crippen molar-refractivity contribution in [1.82, 2.24) is 9.80 Å². The van der Waals surface area contributed by atoms with Crippen molar-refractivity contribution in [3.05, 3.63) is 0 Å². The van der Waals surface area contributed by atoms with E-state index in [0.29, 0.717) is 5.84 Å². The first-order chi connectivity index (χ1) is 7.72. The van der Waals surface area contributed by atoms with Gasteiger partial charge in [0.25, 0.3) is 0 Å². The third-order valence-corrected chi connectivity index (χ3v) is 4.04. The van der Waals surface area contributed by atoms with E-state index >= 15 is 0 Å². The molecule has 0 spiro atoms. The number of nitrogens with one attached hydrogen (secondary N) is 1. The van der Waals surface area contributed by atoms with Gasteiger partial charge in [0.1, 0.15) is 5.84 Å². The Kier molecular flexibility index (Phi) is 3.82. The average molecular weight is 224 g/mol. The Hall–Kier alpha value is -0.610. The van der Waals surface area contributed by atoms with E-state index in [0.717, 1.165) is 25.6 Å². The Morgan fingerprint density at radius 1 is 1.38 bits per heavy atom. The van der Waals surface area contributed by atoms with Crippen molar-refractivity contribution < 1.29 is 0 Å². The minimum Gasteiger partial charge on any atom is -0.386 e. The molecule has 0 aliphatic carbocycles. The lowest BCUT2D eigenvalue weighted by atomic mass is 10.2. The van der Waals surface area contributed by atoms with Crippen molar-refractivity contribution in [1.29, 1.82) is 5.41 Å². The quantitative estimate of drug-likeness (QED) is 0.550. The summed E-state index contributed by atoms with van der Waals surface area (Å²) in [4.78, 5) is 5.01. The van der Waals surface area contributed by atoms with E-state index in [1.165, 1.54) is 32.4 Å². The van der Waals surface area contributed by atoms with Crippen LogP contribution in [0.25, 0.3) is 0 Å². The lowest BCUT2D eigenvalue weighted by Crippen LogP contribution is -2.44. The molecule has 2 fully saturated rings. The van der Waals surface area contributed by atoms with Crippen molar-refractivity contribution >= 4 is 5.84 Å². The van der Waals surface area contributed by atoms with Gasteiger partial charge in [0, 0.05) is 19.1 Å². The number of amidine groups is 1. The van der Waals surface area contributed by atoms with Crippen molar-refractivity contribution in [2.24, 2.45) is 5.73 Å². The molecule has 4 heteroatoms. The number of hydrogen-bond acceptors (Lipinski definition) is 3. The molecule has 3 N–H and O–H groups in total. The van der Waals surface area contributed by atoms with Crippen LogP contribution in [-0.2, 0) is 0 Å². The van der Waals surface area contributed by atoms with Crippen molar-refractivity contribution in [3.8, 4) is 0 Å². The summed E-state index contributed by atoms with van der Waals surface area (Å²) < 4.78 is 0. The van der Waals surface area contributed by atoms with Gasteiger partial charge in [0.05, 0.1) is 6.04 Å². The Morgan fingerprint density at radius 3 is 2.62 bits per heavy atom. The normalized spacial score (nSPS) is 29.7. The fourth-order valence-electron chi connectivity index (χ4n) is 3.13. The zero-order valence-electron chi connectivity index (χ0n) is 10.3. The predicted octanol–water partition coefficient (Wildman–Crippen LogP) is 0.871. The second-order valence-electron chi connectivity index (χ2n) is 5.06. The SMILES string of the molecule is CCC(C(=N)N)N1CCC(N2CCCC2)C1. The molecule has 2 atom stereocenters. The summed E-state index contributed by atoms with van der Waals surface area (Å²) in [6, 6.07) is 0.892. The molecule has 4 nitrogen and oxygen atoms in total. The van der Waals surface area contributed by atoms with Crippen LogP contribution in [0.15, 0.2) is 0 Å². The molecule has 0 aromatic heterocycles. The highest BCUT2D eigenvalue weighted by atomic mass is 15.3. The molecule has 2 aliphatic heterocycles. The summed E-state index contributed by atoms with van der Waals surface area (Å²) >= 11 is 0. The van der Waals surface area contributed by atoms with Gasteiger partial charge < -0.3 is 5.73 Å². The molecule has 0 aromatic carbocycles. The van der Waals surface area contributed by atoms with Crippen molar-refractivity contribution in [2.75, 3.05) is 26.2 Å². The standard InChI is InChI=1S/C12H24N4/c1-2-11(12(13)14)16-8-5-10(9-16)15-6-3-4-7-15/h10-11H,2-9H2,1H3,(H3,13,14). The minimum atomic E-state index is 0.174. The number of hydrogen-bond donors (Lipinski definition) is 2. The molecular weight excluding hydrogens is 200 g/mol. The van der Waals surface area contributed by atoms with Gasteiger partial charge in [0.2, 0.25) is 0 Å². The maximum absolute atomic E-state index is 7.61. The van der Waals surface area contributed by atoms with Crippen LogP contribution in [0, 0.1) is 5.41 Å². The largest absolute Gasteiger partial charge is 0.386 e. The second kappa shape index (κ2) is 5.15. The lowest BCUT2D eigenvalue weighted by Gasteiger charge is -2.27. The van der Waals surface area contributed by atoms with Gasteiger partial charge in [-0.1, -0.05) is 6.92 Å². The number of likely N-dealkylation sites (tertiary alicyclic amines) is 2. The van der Waals surface area contributed by atoms with Crippen LogP contribution in [0.3, 0.4) is 0 Å². The summed E-state index contributed by atoms with van der Waals surface area (Å²) in [7, 11) is 0. The second-order valence-corrected chi connectivity index (χ2v) is 5.06. The van der Waals surface area contributed by atoms with E-state index in [-0.39, 0.29) is 6.04 Å². The molecule has 2 rings (SSSR count). The summed E-state index contributed by atoms with van der Waals surface area (Å²) in [6.45, 7) is 6.89. The molecule has 0 amide bonds. The van der Waals surface area contributed by atoms with E-state index < -0.39 is 0 Å². The van der Waals surface area contributed by atoms with Gasteiger partial charge in [-0.25, -0.2) is 0 Å². The molecule has 0 radical (unpaired) electrons. The number of rotatable bonds is 4. The Morgan fingerprint density at radius 2 is 2.06 bits per heavy atom. The lowest BCUT2D eigenvalue weighted by molar-refractivity contribution is 0.220. The maximum atomic E-state index is 7.61. The molecule has 0 saturated carbocycles. The van der Waals surface area contributed by atoms with Crippen molar-refractivity contribution in [2.45, 2.75) is 44.7 Å². The van der Waals surface area contributed by atoms with Crippen LogP contribution in [0.4, 0.5) is 0 Å². The van der Waals surface area contributed by atoms with E-state index in [2.05, 4.69) is 16.7 Å². The molecular formula is C12H24N4. The first-order valence-electron chi connectivity index (χ1n) is 6.54. The zero-order valence-corrected chi connectivity index (χ0v) is 10.3. The monoisotopic (exact) mass is 224 g/mol. The molecule has 2 heterocycles.